The normalized spacial score (nSPS) is 17.5. The van der Waals surface area contributed by atoms with Crippen LogP contribution in [0.3, 0.4) is 0 Å². The molecular weight excluding hydrogens is 400 g/mol. The van der Waals surface area contributed by atoms with E-state index in [9.17, 15) is 14.4 Å². The van der Waals surface area contributed by atoms with Crippen LogP contribution in [0.2, 0.25) is 0 Å². The lowest BCUT2D eigenvalue weighted by Crippen LogP contribution is -2.43. The van der Waals surface area contributed by atoms with E-state index in [1.165, 1.54) is 11.7 Å². The minimum atomic E-state index is -0.361. The lowest BCUT2D eigenvalue weighted by molar-refractivity contribution is -0.141. The van der Waals surface area contributed by atoms with E-state index in [1.54, 1.807) is 42.3 Å². The number of nitrogens with zero attached hydrogens (tertiary/aromatic N) is 2. The average molecular weight is 426 g/mol. The largest absolute Gasteiger partial charge is 0.469 e. The van der Waals surface area contributed by atoms with Crippen LogP contribution in [0, 0.1) is 12.8 Å². The maximum atomic E-state index is 13.3. The average Bonchev–Trinajstić information content (AvgIpc) is 3.25. The van der Waals surface area contributed by atoms with Crippen molar-refractivity contribution in [2.24, 2.45) is 5.92 Å². The van der Waals surface area contributed by atoms with E-state index in [2.05, 4.69) is 0 Å². The van der Waals surface area contributed by atoms with Gasteiger partial charge in [0.05, 0.1) is 12.8 Å². The number of esters is 1. The standard InChI is InChI=1S/C23H26N2O6/c1-15-9-11-25(17-6-7-18-19(12-17)31-14-30-18)23(28)21(15)22(27)24-10-3-4-16(13-24)5-8-20(26)29-2/h6-7,9,11-12,16H,3-5,8,10,13-14H2,1-2H3. The Hall–Kier alpha value is -3.29. The highest BCUT2D eigenvalue weighted by Crippen LogP contribution is 2.33. The quantitative estimate of drug-likeness (QED) is 0.684. The summed E-state index contributed by atoms with van der Waals surface area (Å²) in [4.78, 5) is 39.8. The monoisotopic (exact) mass is 426 g/mol. The fourth-order valence-corrected chi connectivity index (χ4v) is 4.19. The molecule has 1 unspecified atom stereocenters. The van der Waals surface area contributed by atoms with Gasteiger partial charge < -0.3 is 19.1 Å². The van der Waals surface area contributed by atoms with Gasteiger partial charge in [0.2, 0.25) is 6.79 Å². The Morgan fingerprint density at radius 3 is 2.81 bits per heavy atom. The molecule has 31 heavy (non-hydrogen) atoms. The first-order chi connectivity index (χ1) is 15.0. The Bertz CT molecular complexity index is 1060. The second-order valence-electron chi connectivity index (χ2n) is 7.96. The van der Waals surface area contributed by atoms with Crippen LogP contribution >= 0.6 is 0 Å². The smallest absolute Gasteiger partial charge is 0.305 e. The number of likely N-dealkylation sites (tertiary alicyclic amines) is 1. The number of fused-ring (bicyclic) bond motifs is 1. The maximum Gasteiger partial charge on any atom is 0.305 e. The highest BCUT2D eigenvalue weighted by Gasteiger charge is 2.28. The van der Waals surface area contributed by atoms with Gasteiger partial charge in [-0.2, -0.15) is 0 Å². The number of carbonyl (C=O) groups excluding carboxylic acids is 2. The molecule has 2 aliphatic rings. The summed E-state index contributed by atoms with van der Waals surface area (Å²) in [5, 5.41) is 0. The molecule has 1 atom stereocenters. The van der Waals surface area contributed by atoms with Crippen LogP contribution in [0.25, 0.3) is 5.69 Å². The Kier molecular flexibility index (Phi) is 5.97. The van der Waals surface area contributed by atoms with Gasteiger partial charge in [0, 0.05) is 31.8 Å². The zero-order valence-electron chi connectivity index (χ0n) is 17.8. The van der Waals surface area contributed by atoms with Crippen molar-refractivity contribution < 1.29 is 23.8 Å². The van der Waals surface area contributed by atoms with Crippen molar-refractivity contribution in [2.75, 3.05) is 27.0 Å². The van der Waals surface area contributed by atoms with E-state index in [4.69, 9.17) is 14.2 Å². The van der Waals surface area contributed by atoms with Crippen molar-refractivity contribution in [3.8, 4) is 17.2 Å². The molecular formula is C23H26N2O6. The minimum Gasteiger partial charge on any atom is -0.469 e. The lowest BCUT2D eigenvalue weighted by Gasteiger charge is -2.33. The van der Waals surface area contributed by atoms with E-state index < -0.39 is 0 Å². The number of hydrogen-bond donors (Lipinski definition) is 0. The Morgan fingerprint density at radius 1 is 1.19 bits per heavy atom. The second-order valence-corrected chi connectivity index (χ2v) is 7.96. The highest BCUT2D eigenvalue weighted by atomic mass is 16.7. The number of aromatic nitrogens is 1. The number of carbonyl (C=O) groups is 2. The van der Waals surface area contributed by atoms with Crippen molar-refractivity contribution in [1.82, 2.24) is 9.47 Å². The molecule has 2 aromatic rings. The molecule has 0 saturated carbocycles. The van der Waals surface area contributed by atoms with Gasteiger partial charge in [0.15, 0.2) is 11.5 Å². The van der Waals surface area contributed by atoms with Crippen LogP contribution in [0.4, 0.5) is 0 Å². The summed E-state index contributed by atoms with van der Waals surface area (Å²) >= 11 is 0. The van der Waals surface area contributed by atoms with Crippen molar-refractivity contribution >= 4 is 11.9 Å². The van der Waals surface area contributed by atoms with Gasteiger partial charge in [-0.1, -0.05) is 0 Å². The number of hydrogen-bond acceptors (Lipinski definition) is 6. The molecule has 1 aromatic heterocycles. The fourth-order valence-electron chi connectivity index (χ4n) is 4.19. The topological polar surface area (TPSA) is 87.1 Å². The number of amides is 1. The Labute approximate surface area is 180 Å². The summed E-state index contributed by atoms with van der Waals surface area (Å²) in [6.45, 7) is 3.06. The zero-order valence-corrected chi connectivity index (χ0v) is 17.8. The SMILES string of the molecule is COC(=O)CCC1CCCN(C(=O)c2c(C)ccn(-c3ccc4c(c3)OCO4)c2=O)C1. The molecule has 4 rings (SSSR count). The first kappa shape index (κ1) is 21.0. The van der Waals surface area contributed by atoms with Gasteiger partial charge in [-0.05, 0) is 55.9 Å². The summed E-state index contributed by atoms with van der Waals surface area (Å²) in [6, 6.07) is 7.03. The third-order valence-corrected chi connectivity index (χ3v) is 5.94. The molecule has 2 aliphatic heterocycles. The van der Waals surface area contributed by atoms with E-state index >= 15 is 0 Å². The fraction of sp³-hybridized carbons (Fsp3) is 0.435. The van der Waals surface area contributed by atoms with Gasteiger partial charge >= 0.3 is 5.97 Å². The van der Waals surface area contributed by atoms with Gasteiger partial charge in [0.1, 0.15) is 5.56 Å². The number of rotatable bonds is 5. The summed E-state index contributed by atoms with van der Waals surface area (Å²) in [7, 11) is 1.38. The van der Waals surface area contributed by atoms with Crippen LogP contribution < -0.4 is 15.0 Å². The van der Waals surface area contributed by atoms with Crippen LogP contribution in [0.1, 0.15) is 41.6 Å². The van der Waals surface area contributed by atoms with Crippen molar-refractivity contribution in [1.29, 1.82) is 0 Å². The van der Waals surface area contributed by atoms with E-state index in [-0.39, 0.29) is 35.7 Å². The molecule has 0 bridgehead atoms. The number of aryl methyl sites for hydroxylation is 1. The number of pyridine rings is 1. The van der Waals surface area contributed by atoms with Crippen molar-refractivity contribution in [3.63, 3.8) is 0 Å². The van der Waals surface area contributed by atoms with E-state index in [0.29, 0.717) is 48.7 Å². The molecule has 1 fully saturated rings. The third-order valence-electron chi connectivity index (χ3n) is 5.94. The number of ether oxygens (including phenoxy) is 3. The van der Waals surface area contributed by atoms with Gasteiger partial charge in [-0.25, -0.2) is 0 Å². The Balaban J connectivity index is 1.57. The van der Waals surface area contributed by atoms with Crippen LogP contribution in [-0.4, -0.2) is 48.3 Å². The number of methoxy groups -OCH3 is 1. The van der Waals surface area contributed by atoms with Gasteiger partial charge in [0.25, 0.3) is 11.5 Å². The molecule has 1 saturated heterocycles. The number of benzene rings is 1. The third kappa shape index (κ3) is 4.28. The lowest BCUT2D eigenvalue weighted by atomic mass is 9.93. The molecule has 0 aliphatic carbocycles. The highest BCUT2D eigenvalue weighted by molar-refractivity contribution is 5.95. The van der Waals surface area contributed by atoms with Gasteiger partial charge in [-0.15, -0.1) is 0 Å². The minimum absolute atomic E-state index is 0.150. The van der Waals surface area contributed by atoms with Crippen LogP contribution in [0.15, 0.2) is 35.3 Å². The van der Waals surface area contributed by atoms with Gasteiger partial charge in [-0.3, -0.25) is 19.0 Å². The Morgan fingerprint density at radius 2 is 2.00 bits per heavy atom. The molecule has 1 aromatic carbocycles. The molecule has 0 spiro atoms. The van der Waals surface area contributed by atoms with Crippen LogP contribution in [0.5, 0.6) is 11.5 Å². The summed E-state index contributed by atoms with van der Waals surface area (Å²) < 4.78 is 16.9. The first-order valence-electron chi connectivity index (χ1n) is 10.5. The number of piperidine rings is 1. The van der Waals surface area contributed by atoms with E-state index in [1.807, 2.05) is 0 Å². The molecule has 1 amide bonds. The predicted molar refractivity (Wildman–Crippen MR) is 113 cm³/mol. The maximum absolute atomic E-state index is 13.3. The zero-order chi connectivity index (χ0) is 22.0. The van der Waals surface area contributed by atoms with Crippen molar-refractivity contribution in [2.45, 2.75) is 32.6 Å². The second kappa shape index (κ2) is 8.83. The molecule has 0 radical (unpaired) electrons. The summed E-state index contributed by atoms with van der Waals surface area (Å²) in [6.07, 6.45) is 4.48. The predicted octanol–water partition coefficient (Wildman–Crippen LogP) is 2.68. The van der Waals surface area contributed by atoms with E-state index in [0.717, 1.165) is 12.8 Å². The summed E-state index contributed by atoms with van der Waals surface area (Å²) in [5.74, 6) is 0.917. The van der Waals surface area contributed by atoms with Crippen LogP contribution in [-0.2, 0) is 9.53 Å². The summed E-state index contributed by atoms with van der Waals surface area (Å²) in [5.41, 5.74) is 1.07. The molecule has 164 valence electrons. The molecule has 8 heteroatoms. The molecule has 8 nitrogen and oxygen atoms in total. The first-order valence-corrected chi connectivity index (χ1v) is 10.5. The molecule has 0 N–H and O–H groups in total. The van der Waals surface area contributed by atoms with Crippen molar-refractivity contribution in [3.05, 3.63) is 51.9 Å². The molecule has 3 heterocycles.